The molecule has 0 aliphatic heterocycles. The molecule has 0 heterocycles. The van der Waals surface area contributed by atoms with Crippen LogP contribution in [-0.4, -0.2) is 36.8 Å². The third-order valence-corrected chi connectivity index (χ3v) is 4.72. The lowest BCUT2D eigenvalue weighted by Gasteiger charge is -2.25. The van der Waals surface area contributed by atoms with Crippen LogP contribution in [0, 0.1) is 5.92 Å². The highest BCUT2D eigenvalue weighted by molar-refractivity contribution is 5.86. The van der Waals surface area contributed by atoms with Gasteiger partial charge in [0.2, 0.25) is 5.91 Å². The maximum absolute atomic E-state index is 12.7. The Morgan fingerprint density at radius 1 is 1.00 bits per heavy atom. The highest BCUT2D eigenvalue weighted by Gasteiger charge is 2.27. The number of carbonyl (C=O) groups excluding carboxylic acids is 2. The Bertz CT molecular complexity index is 650. The smallest absolute Gasteiger partial charge is 0.408 e. The van der Waals surface area contributed by atoms with Crippen molar-refractivity contribution in [2.45, 2.75) is 85.4 Å². The largest absolute Gasteiger partial charge is 0.491 e. The summed E-state index contributed by atoms with van der Waals surface area (Å²) < 4.78 is 10.9. The van der Waals surface area contributed by atoms with Gasteiger partial charge in [0.05, 0.1) is 12.1 Å². The second-order valence-electron chi connectivity index (χ2n) is 8.96. The number of amides is 2. The Labute approximate surface area is 175 Å². The first-order valence-electron chi connectivity index (χ1n) is 10.4. The summed E-state index contributed by atoms with van der Waals surface area (Å²) in [6.45, 7) is 16.2. The van der Waals surface area contributed by atoms with Gasteiger partial charge in [0, 0.05) is 0 Å². The average molecular weight is 407 g/mol. The molecule has 2 N–H and O–H groups in total. The Morgan fingerprint density at radius 2 is 1.59 bits per heavy atom. The van der Waals surface area contributed by atoms with Gasteiger partial charge in [-0.25, -0.2) is 4.79 Å². The first kappa shape index (κ1) is 24.8. The lowest BCUT2D eigenvalue weighted by atomic mass is 9.87. The first-order valence-corrected chi connectivity index (χ1v) is 10.4. The zero-order valence-corrected chi connectivity index (χ0v) is 19.2. The minimum absolute atomic E-state index is 0.0206. The summed E-state index contributed by atoms with van der Waals surface area (Å²) in [4.78, 5) is 24.6. The van der Waals surface area contributed by atoms with Gasteiger partial charge in [-0.1, -0.05) is 53.2 Å². The van der Waals surface area contributed by atoms with E-state index in [0.717, 1.165) is 12.2 Å². The van der Waals surface area contributed by atoms with Crippen LogP contribution in [-0.2, 0) is 14.9 Å². The Kier molecular flexibility index (Phi) is 9.47. The standard InChI is InChI=1S/C23H38N2O4/c1-9-16(4)20(25-22(27)29-15(2)3)21(26)24-17(5)14-28-19-12-10-18(11-13-19)23(6,7)8/h10-13,15-17,20H,9,14H2,1-8H3,(H,24,26)(H,25,27). The Morgan fingerprint density at radius 3 is 2.07 bits per heavy atom. The molecule has 0 spiro atoms. The molecule has 1 rings (SSSR count). The third-order valence-electron chi connectivity index (χ3n) is 4.72. The van der Waals surface area contributed by atoms with E-state index in [0.29, 0.717) is 6.61 Å². The summed E-state index contributed by atoms with van der Waals surface area (Å²) in [6.07, 6.45) is -0.0682. The number of hydrogen-bond acceptors (Lipinski definition) is 4. The van der Waals surface area contributed by atoms with Crippen LogP contribution in [0.4, 0.5) is 4.79 Å². The number of nitrogens with one attached hydrogen (secondary N) is 2. The van der Waals surface area contributed by atoms with Crippen LogP contribution in [0.25, 0.3) is 0 Å². The monoisotopic (exact) mass is 406 g/mol. The van der Waals surface area contributed by atoms with Gasteiger partial charge >= 0.3 is 6.09 Å². The van der Waals surface area contributed by atoms with Gasteiger partial charge in [0.1, 0.15) is 18.4 Å². The molecule has 0 radical (unpaired) electrons. The van der Waals surface area contributed by atoms with E-state index >= 15 is 0 Å². The molecule has 164 valence electrons. The zero-order valence-electron chi connectivity index (χ0n) is 19.2. The predicted molar refractivity (Wildman–Crippen MR) is 116 cm³/mol. The van der Waals surface area contributed by atoms with Gasteiger partial charge < -0.3 is 20.1 Å². The minimum Gasteiger partial charge on any atom is -0.491 e. The second-order valence-corrected chi connectivity index (χ2v) is 8.96. The molecule has 3 unspecified atom stereocenters. The van der Waals surface area contributed by atoms with E-state index < -0.39 is 12.1 Å². The summed E-state index contributed by atoms with van der Waals surface area (Å²) in [5.74, 6) is 0.503. The SMILES string of the molecule is CCC(C)C(NC(=O)OC(C)C)C(=O)NC(C)COc1ccc(C(C)(C)C)cc1. The molecular formula is C23H38N2O4. The molecule has 6 nitrogen and oxygen atoms in total. The molecule has 0 aromatic heterocycles. The Balaban J connectivity index is 2.62. The molecule has 1 aromatic rings. The maximum Gasteiger partial charge on any atom is 0.408 e. The number of rotatable bonds is 9. The van der Waals surface area contributed by atoms with Gasteiger partial charge in [-0.3, -0.25) is 4.79 Å². The molecular weight excluding hydrogens is 368 g/mol. The molecule has 0 saturated heterocycles. The molecule has 29 heavy (non-hydrogen) atoms. The topological polar surface area (TPSA) is 76.7 Å². The predicted octanol–water partition coefficient (Wildman–Crippen LogP) is 4.42. The summed E-state index contributed by atoms with van der Waals surface area (Å²) in [5, 5.41) is 5.61. The van der Waals surface area contributed by atoms with Crippen LogP contribution in [0.3, 0.4) is 0 Å². The summed E-state index contributed by atoms with van der Waals surface area (Å²) in [7, 11) is 0. The summed E-state index contributed by atoms with van der Waals surface area (Å²) in [5.41, 5.74) is 1.33. The maximum atomic E-state index is 12.7. The number of carbonyl (C=O) groups is 2. The molecule has 1 aromatic carbocycles. The third kappa shape index (κ3) is 8.75. The van der Waals surface area contributed by atoms with Crippen LogP contribution in [0.1, 0.15) is 67.4 Å². The van der Waals surface area contributed by atoms with Gasteiger partial charge in [-0.15, -0.1) is 0 Å². The summed E-state index contributed by atoms with van der Waals surface area (Å²) >= 11 is 0. The van der Waals surface area contributed by atoms with Crippen LogP contribution < -0.4 is 15.4 Å². The molecule has 0 fully saturated rings. The molecule has 0 saturated carbocycles. The van der Waals surface area contributed by atoms with E-state index in [2.05, 4.69) is 43.5 Å². The van der Waals surface area contributed by atoms with Crippen molar-refractivity contribution in [2.24, 2.45) is 5.92 Å². The molecule has 0 aliphatic rings. The van der Waals surface area contributed by atoms with Crippen LogP contribution in [0.15, 0.2) is 24.3 Å². The van der Waals surface area contributed by atoms with Gasteiger partial charge in [0.15, 0.2) is 0 Å². The second kappa shape index (κ2) is 11.1. The van der Waals surface area contributed by atoms with E-state index in [1.807, 2.05) is 32.9 Å². The highest BCUT2D eigenvalue weighted by atomic mass is 16.6. The fraction of sp³-hybridized carbons (Fsp3) is 0.652. The zero-order chi connectivity index (χ0) is 22.2. The van der Waals surface area contributed by atoms with E-state index in [1.54, 1.807) is 13.8 Å². The van der Waals surface area contributed by atoms with Crippen LogP contribution >= 0.6 is 0 Å². The van der Waals surface area contributed by atoms with Crippen molar-refractivity contribution < 1.29 is 19.1 Å². The average Bonchev–Trinajstić information content (AvgIpc) is 2.62. The quantitative estimate of drug-likeness (QED) is 0.637. The van der Waals surface area contributed by atoms with Crippen molar-refractivity contribution in [3.8, 4) is 5.75 Å². The fourth-order valence-electron chi connectivity index (χ4n) is 2.72. The number of benzene rings is 1. The number of ether oxygens (including phenoxy) is 2. The van der Waals surface area contributed by atoms with Gasteiger partial charge in [0.25, 0.3) is 0 Å². The lowest BCUT2D eigenvalue weighted by Crippen LogP contribution is -2.53. The van der Waals surface area contributed by atoms with Crippen molar-refractivity contribution in [3.63, 3.8) is 0 Å². The Hall–Kier alpha value is -2.24. The number of hydrogen-bond donors (Lipinski definition) is 2. The molecule has 2 amide bonds. The van der Waals surface area contributed by atoms with Crippen LogP contribution in [0.2, 0.25) is 0 Å². The fourth-order valence-corrected chi connectivity index (χ4v) is 2.72. The molecule has 6 heteroatoms. The van der Waals surface area contributed by atoms with Gasteiger partial charge in [-0.05, 0) is 49.8 Å². The lowest BCUT2D eigenvalue weighted by molar-refractivity contribution is -0.125. The van der Waals surface area contributed by atoms with Crippen molar-refractivity contribution >= 4 is 12.0 Å². The van der Waals surface area contributed by atoms with Crippen molar-refractivity contribution in [1.82, 2.24) is 10.6 Å². The molecule has 0 aliphatic carbocycles. The van der Waals surface area contributed by atoms with Crippen molar-refractivity contribution in [2.75, 3.05) is 6.61 Å². The summed E-state index contributed by atoms with van der Waals surface area (Å²) in [6, 6.07) is 7.14. The minimum atomic E-state index is -0.653. The first-order chi connectivity index (χ1) is 13.4. The normalized spacial score (nSPS) is 14.7. The van der Waals surface area contributed by atoms with Crippen molar-refractivity contribution in [3.05, 3.63) is 29.8 Å². The van der Waals surface area contributed by atoms with E-state index in [-0.39, 0.29) is 29.4 Å². The molecule has 3 atom stereocenters. The van der Waals surface area contributed by atoms with E-state index in [4.69, 9.17) is 9.47 Å². The van der Waals surface area contributed by atoms with E-state index in [1.165, 1.54) is 5.56 Å². The highest BCUT2D eigenvalue weighted by Crippen LogP contribution is 2.24. The molecule has 0 bridgehead atoms. The van der Waals surface area contributed by atoms with Crippen molar-refractivity contribution in [1.29, 1.82) is 0 Å². The van der Waals surface area contributed by atoms with E-state index in [9.17, 15) is 9.59 Å². The van der Waals surface area contributed by atoms with Crippen LogP contribution in [0.5, 0.6) is 5.75 Å². The number of alkyl carbamates (subject to hydrolysis) is 1. The van der Waals surface area contributed by atoms with Gasteiger partial charge in [-0.2, -0.15) is 0 Å².